The van der Waals surface area contributed by atoms with E-state index in [1.807, 2.05) is 4.90 Å². The van der Waals surface area contributed by atoms with Gasteiger partial charge < -0.3 is 9.30 Å². The summed E-state index contributed by atoms with van der Waals surface area (Å²) in [4.78, 5) is 13.2. The Bertz CT molecular complexity index is 500. The number of carbonyl (C=O) groups excluding carboxylic acids is 1. The van der Waals surface area contributed by atoms with Crippen molar-refractivity contribution in [3.8, 4) is 0 Å². The van der Waals surface area contributed by atoms with Gasteiger partial charge in [-0.1, -0.05) is 6.92 Å². The average Bonchev–Trinajstić information content (AvgIpc) is 2.80. The van der Waals surface area contributed by atoms with Crippen molar-refractivity contribution >= 4 is 5.97 Å². The Balaban J connectivity index is 2.06. The molecule has 1 aromatic heterocycles. The van der Waals surface area contributed by atoms with Crippen LogP contribution in [-0.4, -0.2) is 45.8 Å². The molecule has 2 heterocycles. The number of carbonyl (C=O) groups is 1. The van der Waals surface area contributed by atoms with Crippen molar-refractivity contribution in [3.63, 3.8) is 0 Å². The number of aromatic nitrogens is 3. The van der Waals surface area contributed by atoms with Crippen molar-refractivity contribution in [2.45, 2.75) is 26.2 Å². The lowest BCUT2D eigenvalue weighted by molar-refractivity contribution is -0.148. The van der Waals surface area contributed by atoms with Gasteiger partial charge in [-0.05, 0) is 0 Å². The highest BCUT2D eigenvalue weighted by Gasteiger charge is 2.39. The topological polar surface area (TPSA) is 60.2 Å². The summed E-state index contributed by atoms with van der Waals surface area (Å²) in [6, 6.07) is 0. The number of halogens is 3. The molecule has 1 aliphatic heterocycles. The van der Waals surface area contributed by atoms with E-state index in [1.165, 1.54) is 7.11 Å². The molecular formula is C11H15F3N4O2. The van der Waals surface area contributed by atoms with Gasteiger partial charge in [-0.2, -0.15) is 13.2 Å². The van der Waals surface area contributed by atoms with Crippen molar-refractivity contribution in [1.82, 2.24) is 19.7 Å². The molecule has 2 rings (SSSR count). The van der Waals surface area contributed by atoms with Crippen LogP contribution in [0.1, 0.15) is 18.6 Å². The minimum Gasteiger partial charge on any atom is -0.469 e. The van der Waals surface area contributed by atoms with E-state index in [4.69, 9.17) is 0 Å². The Morgan fingerprint density at radius 2 is 2.10 bits per heavy atom. The van der Waals surface area contributed by atoms with Gasteiger partial charge in [0, 0.05) is 19.6 Å². The molecule has 0 spiro atoms. The second-order valence-corrected chi connectivity index (χ2v) is 4.75. The van der Waals surface area contributed by atoms with Crippen LogP contribution in [-0.2, 0) is 28.8 Å². The van der Waals surface area contributed by atoms with E-state index >= 15 is 0 Å². The molecule has 0 bridgehead atoms. The van der Waals surface area contributed by atoms with E-state index in [0.717, 1.165) is 4.57 Å². The maximum Gasteiger partial charge on any atom is 0.451 e. The molecule has 0 amide bonds. The van der Waals surface area contributed by atoms with Gasteiger partial charge in [0.05, 0.1) is 19.6 Å². The molecule has 112 valence electrons. The maximum absolute atomic E-state index is 12.7. The molecular weight excluding hydrogens is 277 g/mol. The molecule has 0 saturated carbocycles. The number of esters is 1. The number of fused-ring (bicyclic) bond motifs is 1. The van der Waals surface area contributed by atoms with Crippen molar-refractivity contribution < 1.29 is 22.7 Å². The molecule has 1 unspecified atom stereocenters. The molecule has 1 aliphatic rings. The minimum atomic E-state index is -4.49. The number of hydrogen-bond acceptors (Lipinski definition) is 5. The molecule has 1 aromatic rings. The second kappa shape index (κ2) is 5.39. The van der Waals surface area contributed by atoms with E-state index in [1.54, 1.807) is 6.92 Å². The Hall–Kier alpha value is -1.64. The van der Waals surface area contributed by atoms with E-state index in [9.17, 15) is 18.0 Å². The van der Waals surface area contributed by atoms with Crippen LogP contribution in [0.4, 0.5) is 13.2 Å². The van der Waals surface area contributed by atoms with Gasteiger partial charge in [-0.15, -0.1) is 10.2 Å². The third-order valence-electron chi connectivity index (χ3n) is 3.22. The van der Waals surface area contributed by atoms with Gasteiger partial charge in [0.15, 0.2) is 0 Å². The predicted molar refractivity (Wildman–Crippen MR) is 61.5 cm³/mol. The van der Waals surface area contributed by atoms with E-state index in [0.29, 0.717) is 13.1 Å². The van der Waals surface area contributed by atoms with Gasteiger partial charge in [-0.3, -0.25) is 9.69 Å². The van der Waals surface area contributed by atoms with Crippen molar-refractivity contribution in [2.24, 2.45) is 5.92 Å². The summed E-state index contributed by atoms with van der Waals surface area (Å²) >= 11 is 0. The Kier molecular flexibility index (Phi) is 3.98. The summed E-state index contributed by atoms with van der Waals surface area (Å²) < 4.78 is 43.7. The Morgan fingerprint density at radius 1 is 1.40 bits per heavy atom. The van der Waals surface area contributed by atoms with Crippen LogP contribution in [0.3, 0.4) is 0 Å². The molecule has 0 aliphatic carbocycles. The molecule has 0 fully saturated rings. The van der Waals surface area contributed by atoms with Gasteiger partial charge in [0.2, 0.25) is 5.82 Å². The lowest BCUT2D eigenvalue weighted by Gasteiger charge is -2.29. The van der Waals surface area contributed by atoms with Crippen molar-refractivity contribution in [3.05, 3.63) is 11.6 Å². The Morgan fingerprint density at radius 3 is 2.70 bits per heavy atom. The smallest absolute Gasteiger partial charge is 0.451 e. The SMILES string of the molecule is COC(=O)C(C)CN1CCn2c(nnc2C(F)(F)F)C1. The average molecular weight is 292 g/mol. The zero-order valence-electron chi connectivity index (χ0n) is 11.1. The summed E-state index contributed by atoms with van der Waals surface area (Å²) in [5, 5.41) is 6.78. The zero-order valence-corrected chi connectivity index (χ0v) is 11.1. The highest BCUT2D eigenvalue weighted by atomic mass is 19.4. The molecule has 0 aromatic carbocycles. The highest BCUT2D eigenvalue weighted by Crippen LogP contribution is 2.29. The normalized spacial score (nSPS) is 17.6. The largest absolute Gasteiger partial charge is 0.469 e. The monoisotopic (exact) mass is 292 g/mol. The first-order chi connectivity index (χ1) is 9.32. The number of alkyl halides is 3. The minimum absolute atomic E-state index is 0.158. The third kappa shape index (κ3) is 2.92. The van der Waals surface area contributed by atoms with Crippen LogP contribution >= 0.6 is 0 Å². The van der Waals surface area contributed by atoms with Gasteiger partial charge in [0.1, 0.15) is 5.82 Å². The van der Waals surface area contributed by atoms with Crippen LogP contribution < -0.4 is 0 Å². The summed E-state index contributed by atoms with van der Waals surface area (Å²) in [5.41, 5.74) is 0. The van der Waals surface area contributed by atoms with Gasteiger partial charge in [-0.25, -0.2) is 0 Å². The van der Waals surface area contributed by atoms with Crippen LogP contribution in [0, 0.1) is 5.92 Å². The first-order valence-electron chi connectivity index (χ1n) is 6.12. The molecule has 1 atom stereocenters. The summed E-state index contributed by atoms with van der Waals surface area (Å²) in [7, 11) is 1.31. The number of hydrogen-bond donors (Lipinski definition) is 0. The standard InChI is InChI=1S/C11H15F3N4O2/c1-7(9(19)20-2)5-17-3-4-18-8(6-17)15-16-10(18)11(12,13)14/h7H,3-6H2,1-2H3. The Labute approximate surface area is 113 Å². The number of ether oxygens (including phenoxy) is 1. The summed E-state index contributed by atoms with van der Waals surface area (Å²) in [5.74, 6) is -1.38. The van der Waals surface area contributed by atoms with Crippen LogP contribution in [0.2, 0.25) is 0 Å². The fraction of sp³-hybridized carbons (Fsp3) is 0.727. The van der Waals surface area contributed by atoms with Gasteiger partial charge >= 0.3 is 12.1 Å². The first kappa shape index (κ1) is 14.8. The fourth-order valence-corrected chi connectivity index (χ4v) is 2.24. The summed E-state index contributed by atoms with van der Waals surface area (Å²) in [6.45, 7) is 2.94. The molecule has 0 radical (unpaired) electrons. The van der Waals surface area contributed by atoms with Crippen LogP contribution in [0.5, 0.6) is 0 Å². The highest BCUT2D eigenvalue weighted by molar-refractivity contribution is 5.72. The quantitative estimate of drug-likeness (QED) is 0.775. The number of methoxy groups -OCH3 is 1. The molecule has 20 heavy (non-hydrogen) atoms. The summed E-state index contributed by atoms with van der Waals surface area (Å²) in [6.07, 6.45) is -4.49. The first-order valence-corrected chi connectivity index (χ1v) is 6.12. The lowest BCUT2D eigenvalue weighted by Crippen LogP contribution is -2.39. The van der Waals surface area contributed by atoms with E-state index in [-0.39, 0.29) is 30.8 Å². The fourth-order valence-electron chi connectivity index (χ4n) is 2.24. The maximum atomic E-state index is 12.7. The molecule has 6 nitrogen and oxygen atoms in total. The second-order valence-electron chi connectivity index (χ2n) is 4.75. The van der Waals surface area contributed by atoms with E-state index < -0.39 is 12.0 Å². The third-order valence-corrected chi connectivity index (χ3v) is 3.22. The molecule has 9 heteroatoms. The van der Waals surface area contributed by atoms with E-state index in [2.05, 4.69) is 14.9 Å². The lowest BCUT2D eigenvalue weighted by atomic mass is 10.1. The van der Waals surface area contributed by atoms with Crippen LogP contribution in [0.25, 0.3) is 0 Å². The van der Waals surface area contributed by atoms with Crippen molar-refractivity contribution in [1.29, 1.82) is 0 Å². The number of nitrogens with zero attached hydrogens (tertiary/aromatic N) is 4. The van der Waals surface area contributed by atoms with Crippen LogP contribution in [0.15, 0.2) is 0 Å². The zero-order chi connectivity index (χ0) is 14.9. The van der Waals surface area contributed by atoms with Crippen molar-refractivity contribution in [2.75, 3.05) is 20.2 Å². The predicted octanol–water partition coefficient (Wildman–Crippen LogP) is 0.922. The number of rotatable bonds is 3. The van der Waals surface area contributed by atoms with Gasteiger partial charge in [0.25, 0.3) is 0 Å². The molecule has 0 saturated heterocycles. The molecule has 0 N–H and O–H groups in total.